The minimum Gasteiger partial charge on any atom is -0.489 e. The summed E-state index contributed by atoms with van der Waals surface area (Å²) in [5, 5.41) is 0. The predicted molar refractivity (Wildman–Crippen MR) is 92.8 cm³/mol. The molecule has 0 unspecified atom stereocenters. The lowest BCUT2D eigenvalue weighted by Gasteiger charge is -2.17. The first-order valence-electron chi connectivity index (χ1n) is 8.26. The zero-order chi connectivity index (χ0) is 16.3. The van der Waals surface area contributed by atoms with Crippen LogP contribution in [-0.4, -0.2) is 25.9 Å². The molecule has 0 aliphatic carbocycles. The number of hydrogen-bond acceptors (Lipinski definition) is 3. The maximum atomic E-state index is 5.81. The summed E-state index contributed by atoms with van der Waals surface area (Å²) in [6.45, 7) is 6.66. The summed E-state index contributed by atoms with van der Waals surface area (Å²) in [5.74, 6) is 0.885. The van der Waals surface area contributed by atoms with Crippen molar-refractivity contribution in [2.75, 3.05) is 19.8 Å². The van der Waals surface area contributed by atoms with Crippen molar-refractivity contribution < 1.29 is 14.2 Å². The fourth-order valence-electron chi connectivity index (χ4n) is 2.38. The van der Waals surface area contributed by atoms with Gasteiger partial charge in [-0.05, 0) is 37.1 Å². The second kappa shape index (κ2) is 10.0. The van der Waals surface area contributed by atoms with Crippen LogP contribution in [0, 0.1) is 0 Å². The summed E-state index contributed by atoms with van der Waals surface area (Å²) in [6.07, 6.45) is 0.961. The van der Waals surface area contributed by atoms with E-state index in [0.29, 0.717) is 19.8 Å². The topological polar surface area (TPSA) is 27.7 Å². The first-order chi connectivity index (χ1) is 11.3. The summed E-state index contributed by atoms with van der Waals surface area (Å²) in [4.78, 5) is 0. The van der Waals surface area contributed by atoms with Crippen LogP contribution in [0.2, 0.25) is 0 Å². The van der Waals surface area contributed by atoms with E-state index in [1.165, 1.54) is 11.1 Å². The van der Waals surface area contributed by atoms with Crippen molar-refractivity contribution in [3.63, 3.8) is 0 Å². The first-order valence-corrected chi connectivity index (χ1v) is 8.26. The van der Waals surface area contributed by atoms with Crippen molar-refractivity contribution in [3.05, 3.63) is 65.7 Å². The quantitative estimate of drug-likeness (QED) is 0.656. The van der Waals surface area contributed by atoms with Crippen LogP contribution in [0.5, 0.6) is 5.75 Å². The fourth-order valence-corrected chi connectivity index (χ4v) is 2.38. The molecule has 0 spiro atoms. The second-order valence-electron chi connectivity index (χ2n) is 5.36. The van der Waals surface area contributed by atoms with Gasteiger partial charge in [0.2, 0.25) is 0 Å². The molecule has 23 heavy (non-hydrogen) atoms. The van der Waals surface area contributed by atoms with Crippen LogP contribution >= 0.6 is 0 Å². The molecule has 2 aromatic rings. The van der Waals surface area contributed by atoms with E-state index in [9.17, 15) is 0 Å². The van der Waals surface area contributed by atoms with Crippen LogP contribution in [-0.2, 0) is 22.5 Å². The van der Waals surface area contributed by atoms with Crippen LogP contribution in [0.15, 0.2) is 54.6 Å². The van der Waals surface area contributed by atoms with E-state index in [2.05, 4.69) is 24.3 Å². The maximum absolute atomic E-state index is 5.81. The van der Waals surface area contributed by atoms with E-state index in [1.54, 1.807) is 0 Å². The second-order valence-corrected chi connectivity index (χ2v) is 5.36. The highest BCUT2D eigenvalue weighted by atomic mass is 16.5. The molecule has 0 bridgehead atoms. The van der Waals surface area contributed by atoms with Crippen LogP contribution in [0.1, 0.15) is 25.0 Å². The Balaban J connectivity index is 1.85. The molecule has 2 rings (SSSR count). The SMILES string of the molecule is CCOC[C@H](Cc1ccc(OCc2ccccc2)cc1)OCC. The molecule has 0 heterocycles. The number of rotatable bonds is 10. The van der Waals surface area contributed by atoms with Gasteiger partial charge in [-0.25, -0.2) is 0 Å². The summed E-state index contributed by atoms with van der Waals surface area (Å²) in [5.41, 5.74) is 2.40. The summed E-state index contributed by atoms with van der Waals surface area (Å²) in [6, 6.07) is 18.4. The van der Waals surface area contributed by atoms with Gasteiger partial charge >= 0.3 is 0 Å². The molecule has 0 fully saturated rings. The molecule has 2 aromatic carbocycles. The van der Waals surface area contributed by atoms with Gasteiger partial charge in [0.15, 0.2) is 0 Å². The number of benzene rings is 2. The van der Waals surface area contributed by atoms with E-state index in [-0.39, 0.29) is 6.10 Å². The molecule has 3 nitrogen and oxygen atoms in total. The molecular formula is C20H26O3. The highest BCUT2D eigenvalue weighted by Gasteiger charge is 2.10. The van der Waals surface area contributed by atoms with Gasteiger partial charge in [-0.3, -0.25) is 0 Å². The molecule has 0 saturated heterocycles. The zero-order valence-electron chi connectivity index (χ0n) is 14.0. The summed E-state index contributed by atoms with van der Waals surface area (Å²) in [7, 11) is 0. The average molecular weight is 314 g/mol. The van der Waals surface area contributed by atoms with Gasteiger partial charge in [0, 0.05) is 19.6 Å². The highest BCUT2D eigenvalue weighted by molar-refractivity contribution is 5.28. The van der Waals surface area contributed by atoms with E-state index in [1.807, 2.05) is 44.2 Å². The zero-order valence-corrected chi connectivity index (χ0v) is 14.0. The van der Waals surface area contributed by atoms with Gasteiger partial charge in [0.05, 0.1) is 12.7 Å². The van der Waals surface area contributed by atoms with Crippen LogP contribution < -0.4 is 4.74 Å². The Hall–Kier alpha value is -1.84. The van der Waals surface area contributed by atoms with Crippen LogP contribution in [0.25, 0.3) is 0 Å². The van der Waals surface area contributed by atoms with Gasteiger partial charge in [0.1, 0.15) is 12.4 Å². The summed E-state index contributed by atoms with van der Waals surface area (Å²) < 4.78 is 17.0. The monoisotopic (exact) mass is 314 g/mol. The Bertz CT molecular complexity index is 537. The molecule has 0 amide bonds. The Morgan fingerprint density at radius 1 is 0.826 bits per heavy atom. The lowest BCUT2D eigenvalue weighted by molar-refractivity contribution is -0.00769. The molecule has 0 radical (unpaired) electrons. The number of ether oxygens (including phenoxy) is 3. The van der Waals surface area contributed by atoms with E-state index in [4.69, 9.17) is 14.2 Å². The van der Waals surface area contributed by atoms with Crippen LogP contribution in [0.3, 0.4) is 0 Å². The maximum Gasteiger partial charge on any atom is 0.119 e. The Kier molecular flexibility index (Phi) is 7.64. The van der Waals surface area contributed by atoms with E-state index >= 15 is 0 Å². The minimum absolute atomic E-state index is 0.107. The molecule has 0 aromatic heterocycles. The lowest BCUT2D eigenvalue weighted by atomic mass is 10.1. The third-order valence-electron chi connectivity index (χ3n) is 3.55. The van der Waals surface area contributed by atoms with Gasteiger partial charge < -0.3 is 14.2 Å². The smallest absolute Gasteiger partial charge is 0.119 e. The molecule has 0 aliphatic rings. The number of hydrogen-bond donors (Lipinski definition) is 0. The lowest BCUT2D eigenvalue weighted by Crippen LogP contribution is -2.22. The van der Waals surface area contributed by atoms with Crippen molar-refractivity contribution in [1.29, 1.82) is 0 Å². The van der Waals surface area contributed by atoms with Gasteiger partial charge in [-0.1, -0.05) is 42.5 Å². The normalized spacial score (nSPS) is 12.1. The third kappa shape index (κ3) is 6.43. The highest BCUT2D eigenvalue weighted by Crippen LogP contribution is 2.16. The molecule has 0 saturated carbocycles. The van der Waals surface area contributed by atoms with Crippen molar-refractivity contribution in [1.82, 2.24) is 0 Å². The summed E-state index contributed by atoms with van der Waals surface area (Å²) >= 11 is 0. The Morgan fingerprint density at radius 2 is 1.57 bits per heavy atom. The van der Waals surface area contributed by atoms with Crippen molar-refractivity contribution in [2.24, 2.45) is 0 Å². The Labute approximate surface area is 139 Å². The molecular weight excluding hydrogens is 288 g/mol. The van der Waals surface area contributed by atoms with Gasteiger partial charge in [-0.2, -0.15) is 0 Å². The average Bonchev–Trinajstić information content (AvgIpc) is 2.60. The Morgan fingerprint density at radius 3 is 2.22 bits per heavy atom. The van der Waals surface area contributed by atoms with Crippen molar-refractivity contribution >= 4 is 0 Å². The largest absolute Gasteiger partial charge is 0.489 e. The third-order valence-corrected chi connectivity index (χ3v) is 3.55. The fraction of sp³-hybridized carbons (Fsp3) is 0.400. The van der Waals surface area contributed by atoms with Gasteiger partial charge in [-0.15, -0.1) is 0 Å². The molecule has 0 N–H and O–H groups in total. The molecule has 1 atom stereocenters. The minimum atomic E-state index is 0.107. The van der Waals surface area contributed by atoms with E-state index < -0.39 is 0 Å². The molecule has 124 valence electrons. The standard InChI is InChI=1S/C20H26O3/c1-3-21-16-20(22-4-2)14-17-10-12-19(13-11-17)23-15-18-8-6-5-7-9-18/h5-13,20H,3-4,14-16H2,1-2H3/t20-/m0/s1. The molecule has 3 heteroatoms. The van der Waals surface area contributed by atoms with Crippen molar-refractivity contribution in [3.8, 4) is 5.75 Å². The van der Waals surface area contributed by atoms with E-state index in [0.717, 1.165) is 18.8 Å². The predicted octanol–water partition coefficient (Wildman–Crippen LogP) is 4.25. The van der Waals surface area contributed by atoms with Crippen LogP contribution in [0.4, 0.5) is 0 Å². The molecule has 0 aliphatic heterocycles. The van der Waals surface area contributed by atoms with Crippen molar-refractivity contribution in [2.45, 2.75) is 33.0 Å². The first kappa shape index (κ1) is 17.5. The van der Waals surface area contributed by atoms with Gasteiger partial charge in [0.25, 0.3) is 0 Å².